The van der Waals surface area contributed by atoms with Crippen molar-refractivity contribution >= 4 is 55.0 Å². The minimum Gasteiger partial charge on any atom is -0.480 e. The van der Waals surface area contributed by atoms with Crippen molar-refractivity contribution in [2.75, 3.05) is 30.3 Å². The number of aliphatic carboxylic acids is 1. The Labute approximate surface area is 230 Å². The number of rotatable bonds is 8. The summed E-state index contributed by atoms with van der Waals surface area (Å²) in [5.74, 6) is -2.46. The van der Waals surface area contributed by atoms with E-state index in [-0.39, 0.29) is 33.9 Å². The van der Waals surface area contributed by atoms with Gasteiger partial charge in [-0.1, -0.05) is 17.4 Å². The molecule has 0 spiro atoms. The van der Waals surface area contributed by atoms with Gasteiger partial charge in [0.15, 0.2) is 9.34 Å². The zero-order chi connectivity index (χ0) is 28.8. The lowest BCUT2D eigenvalue weighted by atomic mass is 9.95. The van der Waals surface area contributed by atoms with Gasteiger partial charge in [-0.05, 0) is 42.3 Å². The number of nitrogens with two attached hydrogens (primary N) is 1. The number of nitrogens with zero attached hydrogens (tertiary/aromatic N) is 4. The molecule has 16 heteroatoms. The maximum absolute atomic E-state index is 13.9. The molecule has 2 fully saturated rings. The van der Waals surface area contributed by atoms with E-state index in [1.165, 1.54) is 24.5 Å². The molecule has 0 saturated carbocycles. The number of nitrogens with one attached hydrogen (secondary N) is 1. The van der Waals surface area contributed by atoms with E-state index < -0.39 is 52.1 Å². The van der Waals surface area contributed by atoms with Crippen molar-refractivity contribution in [2.24, 2.45) is 0 Å². The van der Waals surface area contributed by atoms with Crippen LogP contribution in [0.4, 0.5) is 24.1 Å². The Kier molecular flexibility index (Phi) is 7.35. The second-order valence-electron chi connectivity index (χ2n) is 9.63. The molecule has 1 amide bonds. The van der Waals surface area contributed by atoms with Crippen molar-refractivity contribution in [3.8, 4) is 0 Å². The van der Waals surface area contributed by atoms with Crippen LogP contribution in [0.15, 0.2) is 34.8 Å². The predicted molar refractivity (Wildman–Crippen MR) is 140 cm³/mol. The molecule has 11 nitrogen and oxygen atoms in total. The number of alkyl halides is 3. The van der Waals surface area contributed by atoms with Gasteiger partial charge in [0.05, 0.1) is 11.8 Å². The number of carbonyl (C=O) groups excluding carboxylic acids is 1. The average molecular weight is 599 g/mol. The number of hydrogen-bond donors (Lipinski definition) is 3. The number of halogens is 3. The first kappa shape index (κ1) is 28.0. The van der Waals surface area contributed by atoms with E-state index >= 15 is 0 Å². The highest BCUT2D eigenvalue weighted by molar-refractivity contribution is 7.91. The largest absolute Gasteiger partial charge is 0.480 e. The van der Waals surface area contributed by atoms with Gasteiger partial charge in [-0.15, -0.1) is 0 Å². The number of aromatic nitrogens is 2. The van der Waals surface area contributed by atoms with Gasteiger partial charge in [0.2, 0.25) is 5.91 Å². The summed E-state index contributed by atoms with van der Waals surface area (Å²) in [6.45, 7) is 1.38. The normalized spacial score (nSPS) is 19.1. The third-order valence-corrected chi connectivity index (χ3v) is 10.0. The molecule has 2 aromatic heterocycles. The van der Waals surface area contributed by atoms with Crippen molar-refractivity contribution in [2.45, 2.75) is 48.2 Å². The number of benzene rings is 1. The molecule has 4 N–H and O–H groups in total. The predicted octanol–water partition coefficient (Wildman–Crippen LogP) is 2.47. The van der Waals surface area contributed by atoms with Gasteiger partial charge in [-0.25, -0.2) is 23.2 Å². The molecule has 2 unspecified atom stereocenters. The number of nitrogen functional groups attached to an aromatic ring is 1. The van der Waals surface area contributed by atoms with Gasteiger partial charge in [0.25, 0.3) is 10.0 Å². The standard InChI is InChI=1S/C24H25F3N6O5S2/c25-24(26,27)16-11-15-13(3-5-29-20(15)28)9-14(16)10-18(22(35)36)33-8-4-17(21(33)34)31-40(37,38)19-12-30-23(39-19)32-6-1-2-7-32/h3,5,9,11-12,17-18,31H,1-2,4,6-8,10H2,(H2,28,29)(H,35,36). The molecule has 214 valence electrons. The molecule has 4 heterocycles. The van der Waals surface area contributed by atoms with Gasteiger partial charge < -0.3 is 20.6 Å². The Morgan fingerprint density at radius 3 is 2.62 bits per heavy atom. The molecule has 1 aromatic carbocycles. The Bertz CT molecular complexity index is 1570. The number of pyridine rings is 1. The number of fused-ring (bicyclic) bond motifs is 1. The lowest BCUT2D eigenvalue weighted by molar-refractivity contribution is -0.149. The van der Waals surface area contributed by atoms with E-state index in [1.807, 2.05) is 4.90 Å². The highest BCUT2D eigenvalue weighted by atomic mass is 32.2. The number of amides is 1. The molecule has 2 aliphatic rings. The summed E-state index contributed by atoms with van der Waals surface area (Å²) in [6, 6.07) is 0.527. The van der Waals surface area contributed by atoms with Crippen LogP contribution in [0.25, 0.3) is 10.8 Å². The summed E-state index contributed by atoms with van der Waals surface area (Å²) >= 11 is 0.967. The van der Waals surface area contributed by atoms with Crippen molar-refractivity contribution in [3.63, 3.8) is 0 Å². The van der Waals surface area contributed by atoms with E-state index in [2.05, 4.69) is 14.7 Å². The van der Waals surface area contributed by atoms with Gasteiger partial charge in [0, 0.05) is 37.6 Å². The van der Waals surface area contributed by atoms with Crippen LogP contribution < -0.4 is 15.4 Å². The average Bonchev–Trinajstić information content (AvgIpc) is 3.64. The first-order valence-corrected chi connectivity index (χ1v) is 14.7. The number of carboxylic acids is 1. The summed E-state index contributed by atoms with van der Waals surface area (Å²) in [7, 11) is -4.15. The Morgan fingerprint density at radius 2 is 1.95 bits per heavy atom. The van der Waals surface area contributed by atoms with E-state index in [0.717, 1.165) is 48.2 Å². The Hall–Kier alpha value is -3.50. The van der Waals surface area contributed by atoms with Crippen LogP contribution >= 0.6 is 11.3 Å². The van der Waals surface area contributed by atoms with Crippen LogP contribution in [0, 0.1) is 0 Å². The summed E-state index contributed by atoms with van der Waals surface area (Å²) in [4.78, 5) is 36.2. The fourth-order valence-corrected chi connectivity index (χ4v) is 7.47. The maximum Gasteiger partial charge on any atom is 0.416 e. The summed E-state index contributed by atoms with van der Waals surface area (Å²) in [6.07, 6.45) is -1.05. The molecule has 0 radical (unpaired) electrons. The van der Waals surface area contributed by atoms with Crippen molar-refractivity contribution < 1.29 is 36.3 Å². The lowest BCUT2D eigenvalue weighted by Gasteiger charge is -2.26. The number of thiazole rings is 1. The highest BCUT2D eigenvalue weighted by Gasteiger charge is 2.43. The monoisotopic (exact) mass is 598 g/mol. The van der Waals surface area contributed by atoms with E-state index in [1.54, 1.807) is 0 Å². The fraction of sp³-hybridized carbons (Fsp3) is 0.417. The van der Waals surface area contributed by atoms with Crippen molar-refractivity contribution in [1.82, 2.24) is 19.6 Å². The highest BCUT2D eigenvalue weighted by Crippen LogP contribution is 2.37. The fourth-order valence-electron chi connectivity index (χ4n) is 5.06. The topological polar surface area (TPSA) is 159 Å². The van der Waals surface area contributed by atoms with Crippen LogP contribution in [0.3, 0.4) is 0 Å². The molecule has 2 saturated heterocycles. The molecule has 40 heavy (non-hydrogen) atoms. The van der Waals surface area contributed by atoms with Crippen LogP contribution in [-0.4, -0.2) is 72.0 Å². The third kappa shape index (κ3) is 5.42. The van der Waals surface area contributed by atoms with E-state index in [0.29, 0.717) is 10.5 Å². The molecule has 0 bridgehead atoms. The number of carbonyl (C=O) groups is 2. The molecular weight excluding hydrogens is 573 g/mol. The summed E-state index contributed by atoms with van der Waals surface area (Å²) in [5.41, 5.74) is 4.31. The number of hydrogen-bond acceptors (Lipinski definition) is 9. The molecule has 5 rings (SSSR count). The quantitative estimate of drug-likeness (QED) is 0.354. The Morgan fingerprint density at radius 1 is 1.23 bits per heavy atom. The number of likely N-dealkylation sites (tertiary alicyclic amines) is 1. The van der Waals surface area contributed by atoms with Crippen LogP contribution in [0.2, 0.25) is 0 Å². The lowest BCUT2D eigenvalue weighted by Crippen LogP contribution is -2.48. The Balaban J connectivity index is 1.37. The smallest absolute Gasteiger partial charge is 0.416 e. The first-order chi connectivity index (χ1) is 18.8. The van der Waals surface area contributed by atoms with Gasteiger partial charge in [0.1, 0.15) is 17.9 Å². The number of sulfonamides is 1. The van der Waals surface area contributed by atoms with Crippen LogP contribution in [0.5, 0.6) is 0 Å². The van der Waals surface area contributed by atoms with Crippen LogP contribution in [-0.2, 0) is 32.2 Å². The number of carboxylic acid groups (broad SMARTS) is 1. The summed E-state index contributed by atoms with van der Waals surface area (Å²) in [5, 5.41) is 10.9. The first-order valence-electron chi connectivity index (χ1n) is 12.4. The van der Waals surface area contributed by atoms with E-state index in [4.69, 9.17) is 5.73 Å². The van der Waals surface area contributed by atoms with E-state index in [9.17, 15) is 36.3 Å². The van der Waals surface area contributed by atoms with Gasteiger partial charge >= 0.3 is 12.1 Å². The molecular formula is C24H25F3N6O5S2. The maximum atomic E-state index is 13.9. The molecule has 2 aliphatic heterocycles. The van der Waals surface area contributed by atoms with Gasteiger partial charge in [-0.2, -0.15) is 17.9 Å². The summed E-state index contributed by atoms with van der Waals surface area (Å²) < 4.78 is 70.0. The van der Waals surface area contributed by atoms with Crippen molar-refractivity contribution in [3.05, 3.63) is 41.7 Å². The third-order valence-electron chi connectivity index (χ3n) is 7.05. The second kappa shape index (κ2) is 10.5. The molecule has 3 aromatic rings. The van der Waals surface area contributed by atoms with Crippen molar-refractivity contribution in [1.29, 1.82) is 0 Å². The van der Waals surface area contributed by atoms with Gasteiger partial charge in [-0.3, -0.25) is 4.79 Å². The number of anilines is 2. The van der Waals surface area contributed by atoms with Crippen LogP contribution in [0.1, 0.15) is 30.4 Å². The zero-order valence-electron chi connectivity index (χ0n) is 20.9. The SMILES string of the molecule is Nc1nccc2cc(CC(C(=O)O)N3CCC(NS(=O)(=O)c4cnc(N5CCCC5)s4)C3=O)c(C(F)(F)F)cc12. The zero-order valence-corrected chi connectivity index (χ0v) is 22.5. The second-order valence-corrected chi connectivity index (χ2v) is 12.6. The molecule has 0 aliphatic carbocycles. The minimum absolute atomic E-state index is 0.0499. The molecule has 2 atom stereocenters. The minimum atomic E-state index is -4.83.